The van der Waals surface area contributed by atoms with Crippen LogP contribution in [-0.2, 0) is 16.9 Å². The molecule has 1 aromatic heterocycles. The number of rotatable bonds is 7. The molecule has 1 heterocycles. The van der Waals surface area contributed by atoms with E-state index >= 15 is 0 Å². The van der Waals surface area contributed by atoms with E-state index in [-0.39, 0.29) is 5.60 Å². The van der Waals surface area contributed by atoms with E-state index in [0.29, 0.717) is 0 Å². The molecular formula is C16H29N3O. The lowest BCUT2D eigenvalue weighted by atomic mass is 9.79. The lowest BCUT2D eigenvalue weighted by molar-refractivity contribution is -0.0832. The monoisotopic (exact) mass is 279 g/mol. The maximum Gasteiger partial charge on any atom is 0.138 e. The fraction of sp³-hybridized carbons (Fsp3) is 0.812. The van der Waals surface area contributed by atoms with Gasteiger partial charge in [-0.25, -0.2) is 4.98 Å². The molecule has 0 unspecified atom stereocenters. The molecular weight excluding hydrogens is 250 g/mol. The SMILES string of the molecule is CCCNCc1cnc(C2(OCC)CCC(C)CC2)[nH]1. The molecule has 0 saturated heterocycles. The molecule has 1 fully saturated rings. The molecule has 0 spiro atoms. The Balaban J connectivity index is 2.05. The highest BCUT2D eigenvalue weighted by Crippen LogP contribution is 2.41. The van der Waals surface area contributed by atoms with E-state index in [2.05, 4.69) is 36.1 Å². The van der Waals surface area contributed by atoms with Crippen LogP contribution in [0, 0.1) is 5.92 Å². The number of aromatic nitrogens is 2. The fourth-order valence-electron chi connectivity index (χ4n) is 3.03. The lowest BCUT2D eigenvalue weighted by Gasteiger charge is -2.37. The molecule has 1 aliphatic rings. The fourth-order valence-corrected chi connectivity index (χ4v) is 3.03. The van der Waals surface area contributed by atoms with E-state index in [4.69, 9.17) is 4.74 Å². The molecule has 0 aliphatic heterocycles. The van der Waals surface area contributed by atoms with Gasteiger partial charge in [0, 0.05) is 25.0 Å². The predicted molar refractivity (Wildman–Crippen MR) is 81.5 cm³/mol. The maximum absolute atomic E-state index is 6.13. The zero-order valence-corrected chi connectivity index (χ0v) is 13.2. The van der Waals surface area contributed by atoms with Gasteiger partial charge in [-0.1, -0.05) is 13.8 Å². The summed E-state index contributed by atoms with van der Waals surface area (Å²) in [5.41, 5.74) is 0.982. The van der Waals surface area contributed by atoms with Gasteiger partial charge in [-0.15, -0.1) is 0 Å². The average Bonchev–Trinajstić information content (AvgIpc) is 2.92. The van der Waals surface area contributed by atoms with Gasteiger partial charge in [0.05, 0.1) is 0 Å². The van der Waals surface area contributed by atoms with Crippen LogP contribution in [0.2, 0.25) is 0 Å². The van der Waals surface area contributed by atoms with E-state index in [1.807, 2.05) is 6.20 Å². The number of ether oxygens (including phenoxy) is 1. The van der Waals surface area contributed by atoms with Crippen molar-refractivity contribution >= 4 is 0 Å². The Labute approximate surface area is 122 Å². The normalized spacial score (nSPS) is 26.9. The third-order valence-corrected chi connectivity index (χ3v) is 4.30. The summed E-state index contributed by atoms with van der Waals surface area (Å²) in [7, 11) is 0. The number of imidazole rings is 1. The van der Waals surface area contributed by atoms with Crippen molar-refractivity contribution < 1.29 is 4.74 Å². The van der Waals surface area contributed by atoms with Crippen LogP contribution in [0.15, 0.2) is 6.20 Å². The van der Waals surface area contributed by atoms with Gasteiger partial charge < -0.3 is 15.0 Å². The number of nitrogens with one attached hydrogen (secondary N) is 2. The summed E-state index contributed by atoms with van der Waals surface area (Å²) in [5.74, 6) is 1.84. The molecule has 0 bridgehead atoms. The first-order chi connectivity index (χ1) is 9.70. The van der Waals surface area contributed by atoms with Crippen molar-refractivity contribution in [3.05, 3.63) is 17.7 Å². The molecule has 0 amide bonds. The van der Waals surface area contributed by atoms with Crippen molar-refractivity contribution in [2.24, 2.45) is 5.92 Å². The van der Waals surface area contributed by atoms with Crippen molar-refractivity contribution in [3.63, 3.8) is 0 Å². The predicted octanol–water partition coefficient (Wildman–Crippen LogP) is 3.35. The Morgan fingerprint density at radius 3 is 2.80 bits per heavy atom. The smallest absolute Gasteiger partial charge is 0.138 e. The van der Waals surface area contributed by atoms with Crippen molar-refractivity contribution in [2.45, 2.75) is 65.0 Å². The van der Waals surface area contributed by atoms with Crippen LogP contribution in [0.5, 0.6) is 0 Å². The Hall–Kier alpha value is -0.870. The zero-order valence-electron chi connectivity index (χ0n) is 13.2. The lowest BCUT2D eigenvalue weighted by Crippen LogP contribution is -2.35. The summed E-state index contributed by atoms with van der Waals surface area (Å²) in [4.78, 5) is 8.10. The van der Waals surface area contributed by atoms with Crippen LogP contribution in [0.3, 0.4) is 0 Å². The minimum atomic E-state index is -0.176. The van der Waals surface area contributed by atoms with E-state index in [1.54, 1.807) is 0 Å². The Morgan fingerprint density at radius 1 is 1.40 bits per heavy atom. The second kappa shape index (κ2) is 7.23. The summed E-state index contributed by atoms with van der Waals surface area (Å²) < 4.78 is 6.13. The maximum atomic E-state index is 6.13. The average molecular weight is 279 g/mol. The molecule has 0 radical (unpaired) electrons. The molecule has 0 aromatic carbocycles. The zero-order chi connectivity index (χ0) is 14.4. The number of H-pyrrole nitrogens is 1. The quantitative estimate of drug-likeness (QED) is 0.753. The molecule has 4 nitrogen and oxygen atoms in total. The van der Waals surface area contributed by atoms with Gasteiger partial charge in [-0.2, -0.15) is 0 Å². The first-order valence-corrected chi connectivity index (χ1v) is 8.09. The molecule has 1 saturated carbocycles. The van der Waals surface area contributed by atoms with Gasteiger partial charge in [0.25, 0.3) is 0 Å². The minimum absolute atomic E-state index is 0.176. The third-order valence-electron chi connectivity index (χ3n) is 4.30. The van der Waals surface area contributed by atoms with Gasteiger partial charge in [0.1, 0.15) is 11.4 Å². The molecule has 1 aromatic rings. The number of aromatic amines is 1. The summed E-state index contributed by atoms with van der Waals surface area (Å²) in [6, 6.07) is 0. The first kappa shape index (κ1) is 15.5. The van der Waals surface area contributed by atoms with Crippen LogP contribution >= 0.6 is 0 Å². The Morgan fingerprint density at radius 2 is 2.15 bits per heavy atom. The Bertz CT molecular complexity index is 394. The molecule has 20 heavy (non-hydrogen) atoms. The standard InChI is InChI=1S/C16H29N3O/c1-4-10-17-11-14-12-18-15(19-14)16(20-5-2)8-6-13(3)7-9-16/h12-13,17H,4-11H2,1-3H3,(H,18,19). The van der Waals surface area contributed by atoms with Crippen LogP contribution < -0.4 is 5.32 Å². The van der Waals surface area contributed by atoms with Crippen molar-refractivity contribution in [1.82, 2.24) is 15.3 Å². The highest BCUT2D eigenvalue weighted by Gasteiger charge is 2.39. The van der Waals surface area contributed by atoms with E-state index in [1.165, 1.54) is 12.8 Å². The number of hydrogen-bond acceptors (Lipinski definition) is 3. The second-order valence-corrected chi connectivity index (χ2v) is 6.04. The third kappa shape index (κ3) is 3.61. The highest BCUT2D eigenvalue weighted by atomic mass is 16.5. The van der Waals surface area contributed by atoms with Crippen LogP contribution in [-0.4, -0.2) is 23.1 Å². The second-order valence-electron chi connectivity index (χ2n) is 6.04. The summed E-state index contributed by atoms with van der Waals surface area (Å²) in [6.07, 6.45) is 7.72. The molecule has 2 N–H and O–H groups in total. The van der Waals surface area contributed by atoms with E-state index in [0.717, 1.165) is 56.4 Å². The van der Waals surface area contributed by atoms with Crippen molar-refractivity contribution in [1.29, 1.82) is 0 Å². The summed E-state index contributed by atoms with van der Waals surface area (Å²) in [5, 5.41) is 3.41. The van der Waals surface area contributed by atoms with Crippen molar-refractivity contribution in [3.8, 4) is 0 Å². The van der Waals surface area contributed by atoms with E-state index in [9.17, 15) is 0 Å². The topological polar surface area (TPSA) is 49.9 Å². The first-order valence-electron chi connectivity index (χ1n) is 8.09. The molecule has 0 atom stereocenters. The summed E-state index contributed by atoms with van der Waals surface area (Å²) >= 11 is 0. The van der Waals surface area contributed by atoms with Crippen LogP contribution in [0.25, 0.3) is 0 Å². The molecule has 1 aliphatic carbocycles. The molecule has 114 valence electrons. The van der Waals surface area contributed by atoms with Gasteiger partial charge in [-0.05, 0) is 51.5 Å². The van der Waals surface area contributed by atoms with Gasteiger partial charge in [0.15, 0.2) is 0 Å². The largest absolute Gasteiger partial charge is 0.367 e. The molecule has 4 heteroatoms. The number of hydrogen-bond donors (Lipinski definition) is 2. The number of nitrogens with zero attached hydrogens (tertiary/aromatic N) is 1. The van der Waals surface area contributed by atoms with Gasteiger partial charge in [0.2, 0.25) is 0 Å². The minimum Gasteiger partial charge on any atom is -0.367 e. The van der Waals surface area contributed by atoms with E-state index < -0.39 is 0 Å². The van der Waals surface area contributed by atoms with Crippen LogP contribution in [0.4, 0.5) is 0 Å². The molecule has 2 rings (SSSR count). The van der Waals surface area contributed by atoms with Crippen molar-refractivity contribution in [2.75, 3.05) is 13.2 Å². The Kier molecular flexibility index (Phi) is 5.61. The summed E-state index contributed by atoms with van der Waals surface area (Å²) in [6.45, 7) is 9.24. The van der Waals surface area contributed by atoms with Crippen LogP contribution in [0.1, 0.15) is 64.4 Å². The van der Waals surface area contributed by atoms with Gasteiger partial charge in [-0.3, -0.25) is 0 Å². The highest BCUT2D eigenvalue weighted by molar-refractivity contribution is 5.10. The van der Waals surface area contributed by atoms with Gasteiger partial charge >= 0.3 is 0 Å².